The molecule has 4 bridgehead atoms. The first-order chi connectivity index (χ1) is 10.9. The molecule has 1 heterocycles. The van der Waals surface area contributed by atoms with Crippen molar-refractivity contribution >= 4 is 11.9 Å². The SMILES string of the molecule is C=C1C[C@]23CC1CC[C@H]2[C@@]12CCC[C@](C)(C(=O)O1)[C@H]2[C@@H]3C(=O)O. The molecule has 4 heteroatoms. The van der Waals surface area contributed by atoms with Gasteiger partial charge >= 0.3 is 11.9 Å². The van der Waals surface area contributed by atoms with Gasteiger partial charge in [-0.05, 0) is 63.2 Å². The third kappa shape index (κ3) is 1.29. The first kappa shape index (κ1) is 14.1. The zero-order valence-corrected chi connectivity index (χ0v) is 13.6. The van der Waals surface area contributed by atoms with Crippen molar-refractivity contribution in [2.45, 2.75) is 57.5 Å². The molecule has 0 aromatic rings. The fraction of sp³-hybridized carbons (Fsp3) is 0.789. The number of ether oxygens (including phenoxy) is 1. The lowest BCUT2D eigenvalue weighted by Crippen LogP contribution is -2.47. The maximum Gasteiger partial charge on any atom is 0.312 e. The summed E-state index contributed by atoms with van der Waals surface area (Å²) in [5.74, 6) is -0.771. The van der Waals surface area contributed by atoms with Crippen LogP contribution in [0.3, 0.4) is 0 Å². The normalized spacial score (nSPS) is 56.2. The number of carbonyl (C=O) groups is 2. The van der Waals surface area contributed by atoms with Gasteiger partial charge in [-0.2, -0.15) is 0 Å². The van der Waals surface area contributed by atoms with Gasteiger partial charge in [0.05, 0.1) is 11.3 Å². The van der Waals surface area contributed by atoms with Crippen LogP contribution in [0.25, 0.3) is 0 Å². The molecule has 0 amide bonds. The number of fused-ring (bicyclic) bond motifs is 1. The fourth-order valence-electron chi connectivity index (χ4n) is 7.70. The molecule has 23 heavy (non-hydrogen) atoms. The molecule has 1 N–H and O–H groups in total. The minimum atomic E-state index is -0.719. The number of hydrogen-bond donors (Lipinski definition) is 1. The summed E-state index contributed by atoms with van der Waals surface area (Å²) in [6, 6.07) is 0. The monoisotopic (exact) mass is 316 g/mol. The van der Waals surface area contributed by atoms with Crippen LogP contribution in [-0.4, -0.2) is 22.6 Å². The summed E-state index contributed by atoms with van der Waals surface area (Å²) in [6.07, 6.45) is 6.45. The molecule has 0 radical (unpaired) electrons. The third-order valence-corrected chi connectivity index (χ3v) is 8.29. The van der Waals surface area contributed by atoms with E-state index in [0.717, 1.165) is 44.9 Å². The molecule has 1 spiro atoms. The summed E-state index contributed by atoms with van der Waals surface area (Å²) in [4.78, 5) is 25.0. The number of esters is 1. The van der Waals surface area contributed by atoms with Crippen LogP contribution < -0.4 is 0 Å². The Morgan fingerprint density at radius 1 is 1.35 bits per heavy atom. The van der Waals surface area contributed by atoms with Gasteiger partial charge in [-0.1, -0.05) is 12.2 Å². The van der Waals surface area contributed by atoms with E-state index in [-0.39, 0.29) is 23.2 Å². The number of aliphatic carboxylic acids is 1. The molecule has 0 aromatic heterocycles. The number of carbonyl (C=O) groups excluding carboxylic acids is 1. The second-order valence-corrected chi connectivity index (χ2v) is 9.01. The summed E-state index contributed by atoms with van der Waals surface area (Å²) < 4.78 is 6.10. The summed E-state index contributed by atoms with van der Waals surface area (Å²) >= 11 is 0. The van der Waals surface area contributed by atoms with E-state index in [9.17, 15) is 14.7 Å². The predicted molar refractivity (Wildman–Crippen MR) is 82.4 cm³/mol. The average Bonchev–Trinajstić information content (AvgIpc) is 2.92. The Morgan fingerprint density at radius 2 is 2.13 bits per heavy atom. The minimum absolute atomic E-state index is 0.139. The van der Waals surface area contributed by atoms with Gasteiger partial charge in [0.1, 0.15) is 5.60 Å². The largest absolute Gasteiger partial charge is 0.481 e. The van der Waals surface area contributed by atoms with Crippen LogP contribution in [0.4, 0.5) is 0 Å². The van der Waals surface area contributed by atoms with Gasteiger partial charge in [0.15, 0.2) is 0 Å². The number of carboxylic acid groups (broad SMARTS) is 1. The highest BCUT2D eigenvalue weighted by Gasteiger charge is 2.81. The highest BCUT2D eigenvalue weighted by Crippen LogP contribution is 2.77. The van der Waals surface area contributed by atoms with Crippen molar-refractivity contribution in [3.63, 3.8) is 0 Å². The summed E-state index contributed by atoms with van der Waals surface area (Å²) in [5.41, 5.74) is -0.0978. The van der Waals surface area contributed by atoms with Crippen molar-refractivity contribution < 1.29 is 19.4 Å². The van der Waals surface area contributed by atoms with E-state index in [0.29, 0.717) is 5.92 Å². The zero-order valence-electron chi connectivity index (χ0n) is 13.6. The molecule has 0 aromatic carbocycles. The van der Waals surface area contributed by atoms with E-state index in [1.165, 1.54) is 5.57 Å². The molecule has 5 fully saturated rings. The first-order valence-electron chi connectivity index (χ1n) is 8.99. The fourth-order valence-corrected chi connectivity index (χ4v) is 7.70. The van der Waals surface area contributed by atoms with Crippen molar-refractivity contribution in [1.29, 1.82) is 0 Å². The van der Waals surface area contributed by atoms with Gasteiger partial charge in [-0.25, -0.2) is 0 Å². The van der Waals surface area contributed by atoms with Crippen LogP contribution in [0.1, 0.15) is 51.9 Å². The zero-order chi connectivity index (χ0) is 16.2. The first-order valence-corrected chi connectivity index (χ1v) is 8.99. The maximum absolute atomic E-state index is 12.7. The summed E-state index contributed by atoms with van der Waals surface area (Å²) in [6.45, 7) is 6.22. The Balaban J connectivity index is 1.75. The number of allylic oxidation sites excluding steroid dienone is 1. The smallest absolute Gasteiger partial charge is 0.312 e. The standard InChI is InChI=1S/C19H24O4/c1-10-8-18-9-11(10)4-5-12(18)19-7-3-6-17(2,16(22)23-19)14(19)13(18)15(20)21/h11-14H,1,3-9H2,2H3,(H,20,21)/t11?,12-,13-,14-,17+,18+,19-/m1/s1. The number of hydrogen-bond acceptors (Lipinski definition) is 3. The Morgan fingerprint density at radius 3 is 2.87 bits per heavy atom. The van der Waals surface area contributed by atoms with Crippen LogP contribution in [0.5, 0.6) is 0 Å². The van der Waals surface area contributed by atoms with E-state index in [2.05, 4.69) is 6.58 Å². The van der Waals surface area contributed by atoms with E-state index in [1.807, 2.05) is 6.92 Å². The lowest BCUT2D eigenvalue weighted by atomic mass is 9.60. The molecular weight excluding hydrogens is 292 g/mol. The molecule has 7 atom stereocenters. The second kappa shape index (κ2) is 3.84. The van der Waals surface area contributed by atoms with Crippen molar-refractivity contribution in [3.8, 4) is 0 Å². The van der Waals surface area contributed by atoms with Gasteiger partial charge in [-0.3, -0.25) is 9.59 Å². The van der Waals surface area contributed by atoms with Crippen LogP contribution in [0.2, 0.25) is 0 Å². The van der Waals surface area contributed by atoms with Crippen LogP contribution in [0.15, 0.2) is 12.2 Å². The Labute approximate surface area is 136 Å². The van der Waals surface area contributed by atoms with Crippen molar-refractivity contribution in [2.24, 2.45) is 34.5 Å². The molecule has 1 unspecified atom stereocenters. The Hall–Kier alpha value is -1.32. The maximum atomic E-state index is 12.7. The molecule has 4 nitrogen and oxygen atoms in total. The van der Waals surface area contributed by atoms with Gasteiger partial charge in [0, 0.05) is 11.8 Å². The van der Waals surface area contributed by atoms with Gasteiger partial charge in [-0.15, -0.1) is 0 Å². The molecule has 124 valence electrons. The van der Waals surface area contributed by atoms with Crippen LogP contribution in [-0.2, 0) is 14.3 Å². The average molecular weight is 316 g/mol. The van der Waals surface area contributed by atoms with E-state index in [4.69, 9.17) is 4.74 Å². The molecule has 5 rings (SSSR count). The molecule has 4 aliphatic carbocycles. The highest BCUT2D eigenvalue weighted by molar-refractivity contribution is 5.84. The number of carboxylic acids is 1. The molecule has 1 aliphatic heterocycles. The summed E-state index contributed by atoms with van der Waals surface area (Å²) in [5, 5.41) is 10.2. The van der Waals surface area contributed by atoms with Crippen molar-refractivity contribution in [2.75, 3.05) is 0 Å². The van der Waals surface area contributed by atoms with Gasteiger partial charge in [0.2, 0.25) is 0 Å². The minimum Gasteiger partial charge on any atom is -0.481 e. The van der Waals surface area contributed by atoms with Crippen LogP contribution in [0, 0.1) is 34.5 Å². The van der Waals surface area contributed by atoms with Crippen molar-refractivity contribution in [1.82, 2.24) is 0 Å². The topological polar surface area (TPSA) is 63.6 Å². The Kier molecular flexibility index (Phi) is 2.35. The second-order valence-electron chi connectivity index (χ2n) is 9.01. The molecule has 1 saturated heterocycles. The Bertz CT molecular complexity index is 654. The highest BCUT2D eigenvalue weighted by atomic mass is 16.6. The molecule has 4 saturated carbocycles. The van der Waals surface area contributed by atoms with Crippen LogP contribution >= 0.6 is 0 Å². The lowest BCUT2D eigenvalue weighted by Gasteiger charge is -2.43. The molecule has 5 aliphatic rings. The van der Waals surface area contributed by atoms with Gasteiger partial charge in [0.25, 0.3) is 0 Å². The van der Waals surface area contributed by atoms with E-state index >= 15 is 0 Å². The number of rotatable bonds is 1. The van der Waals surface area contributed by atoms with Gasteiger partial charge < -0.3 is 9.84 Å². The summed E-state index contributed by atoms with van der Waals surface area (Å²) in [7, 11) is 0. The third-order valence-electron chi connectivity index (χ3n) is 8.29. The lowest BCUT2D eigenvalue weighted by molar-refractivity contribution is -0.160. The van der Waals surface area contributed by atoms with E-state index < -0.39 is 22.9 Å². The molecular formula is C19H24O4. The van der Waals surface area contributed by atoms with E-state index in [1.54, 1.807) is 0 Å². The predicted octanol–water partition coefficient (Wildman–Crippen LogP) is 3.17. The quantitative estimate of drug-likeness (QED) is 0.596. The van der Waals surface area contributed by atoms with Crippen molar-refractivity contribution in [3.05, 3.63) is 12.2 Å².